The van der Waals surface area contributed by atoms with E-state index in [2.05, 4.69) is 19.6 Å². The molecule has 0 atom stereocenters. The van der Waals surface area contributed by atoms with E-state index in [9.17, 15) is 0 Å². The van der Waals surface area contributed by atoms with Crippen molar-refractivity contribution in [2.24, 2.45) is 0 Å². The Labute approximate surface area is 88.2 Å². The molecule has 0 aromatic carbocycles. The first kappa shape index (κ1) is 15.4. The van der Waals surface area contributed by atoms with Crippen molar-refractivity contribution in [3.05, 3.63) is 0 Å². The Morgan fingerprint density at radius 2 is 1.25 bits per heavy atom. The molecule has 0 radical (unpaired) electrons. The minimum atomic E-state index is -1.39. The number of alkyl halides is 1. The highest BCUT2D eigenvalue weighted by Crippen LogP contribution is 2.07. The van der Waals surface area contributed by atoms with Crippen LogP contribution in [-0.4, -0.2) is 28.3 Å². The molecule has 0 aromatic heterocycles. The van der Waals surface area contributed by atoms with Gasteiger partial charge >= 0.3 is 0 Å². The number of hydrogen-bond donors (Lipinski definition) is 0. The topological polar surface area (TPSA) is 9.23 Å². The van der Waals surface area contributed by atoms with Crippen LogP contribution in [0, 0.1) is 0 Å². The van der Waals surface area contributed by atoms with Gasteiger partial charge < -0.3 is 4.43 Å². The van der Waals surface area contributed by atoms with Crippen LogP contribution in [0.3, 0.4) is 0 Å². The summed E-state index contributed by atoms with van der Waals surface area (Å²) >= 11 is 11.1. The number of hydrogen-bond acceptors (Lipinski definition) is 1. The first-order valence-corrected chi connectivity index (χ1v) is 12.1. The van der Waals surface area contributed by atoms with Crippen molar-refractivity contribution >= 4 is 38.4 Å². The molecule has 0 saturated carbocycles. The summed E-state index contributed by atoms with van der Waals surface area (Å²) in [5, 5.41) is 0. The molecule has 0 N–H and O–H groups in total. The molecule has 0 fully saturated rings. The van der Waals surface area contributed by atoms with Crippen molar-refractivity contribution in [2.75, 3.05) is 12.6 Å². The Morgan fingerprint density at radius 3 is 1.25 bits per heavy atom. The Morgan fingerprint density at radius 1 is 1.08 bits per heavy atom. The smallest absolute Gasteiger partial charge is 0.183 e. The molecule has 0 aromatic rings. The lowest BCUT2D eigenvalue weighted by atomic mass is 11.8. The van der Waals surface area contributed by atoms with Crippen LogP contribution in [0.15, 0.2) is 0 Å². The average molecular weight is 247 g/mol. The standard InChI is InChI=1S/C4H12OSi.C3H8Cl2Si/c1-5-6(2,3)4;1-6(2,5)3-4/h1-4H3;3H2,1-2H3. The second kappa shape index (κ2) is 6.43. The molecular weight excluding hydrogens is 227 g/mol. The molecule has 0 rings (SSSR count). The zero-order valence-electron chi connectivity index (χ0n) is 8.87. The molecule has 0 aliphatic carbocycles. The highest BCUT2D eigenvalue weighted by atomic mass is 35.6. The van der Waals surface area contributed by atoms with Crippen LogP contribution in [0.5, 0.6) is 0 Å². The minimum absolute atomic E-state index is 0.647. The van der Waals surface area contributed by atoms with Crippen molar-refractivity contribution in [3.63, 3.8) is 0 Å². The van der Waals surface area contributed by atoms with Gasteiger partial charge in [0.1, 0.15) is 0 Å². The van der Waals surface area contributed by atoms with Gasteiger partial charge in [0.2, 0.25) is 0 Å². The Kier molecular flexibility index (Phi) is 8.28. The lowest BCUT2D eigenvalue weighted by Crippen LogP contribution is -2.22. The molecule has 0 amide bonds. The van der Waals surface area contributed by atoms with E-state index in [-0.39, 0.29) is 0 Å². The van der Waals surface area contributed by atoms with Crippen LogP contribution >= 0.6 is 22.7 Å². The fourth-order valence-electron chi connectivity index (χ4n) is 0. The summed E-state index contributed by atoms with van der Waals surface area (Å²) < 4.78 is 5.08. The number of rotatable bonds is 2. The Balaban J connectivity index is 0. The quantitative estimate of drug-likeness (QED) is 0.411. The van der Waals surface area contributed by atoms with Crippen molar-refractivity contribution in [2.45, 2.75) is 32.7 Å². The van der Waals surface area contributed by atoms with Crippen LogP contribution in [-0.2, 0) is 4.43 Å². The van der Waals surface area contributed by atoms with Crippen molar-refractivity contribution in [3.8, 4) is 0 Å². The maximum atomic E-state index is 5.72. The highest BCUT2D eigenvalue weighted by molar-refractivity contribution is 7.21. The molecule has 0 bridgehead atoms. The van der Waals surface area contributed by atoms with E-state index < -0.39 is 15.7 Å². The van der Waals surface area contributed by atoms with Crippen LogP contribution in [0.25, 0.3) is 0 Å². The van der Waals surface area contributed by atoms with Gasteiger partial charge in [-0.05, 0) is 19.6 Å². The summed E-state index contributed by atoms with van der Waals surface area (Å²) in [6, 6.07) is 0. The zero-order valence-corrected chi connectivity index (χ0v) is 12.4. The van der Waals surface area contributed by atoms with E-state index in [4.69, 9.17) is 27.1 Å². The molecule has 0 unspecified atom stereocenters. The fraction of sp³-hybridized carbons (Fsp3) is 1.00. The van der Waals surface area contributed by atoms with Gasteiger partial charge in [-0.1, -0.05) is 13.1 Å². The molecule has 0 saturated heterocycles. The molecule has 5 heteroatoms. The van der Waals surface area contributed by atoms with Gasteiger partial charge in [0.05, 0.1) is 0 Å². The maximum absolute atomic E-state index is 5.72. The van der Waals surface area contributed by atoms with Gasteiger partial charge in [-0.25, -0.2) is 0 Å². The van der Waals surface area contributed by atoms with Gasteiger partial charge in [0.25, 0.3) is 0 Å². The van der Waals surface area contributed by atoms with Crippen molar-refractivity contribution < 1.29 is 4.43 Å². The van der Waals surface area contributed by atoms with Crippen LogP contribution in [0.1, 0.15) is 0 Å². The molecule has 0 heterocycles. The molecule has 0 aliphatic heterocycles. The molecule has 0 spiro atoms. The third-order valence-electron chi connectivity index (χ3n) is 0.930. The minimum Gasteiger partial charge on any atom is -0.421 e. The first-order valence-electron chi connectivity index (χ1n) is 3.92. The fourth-order valence-corrected chi connectivity index (χ4v) is 0. The van der Waals surface area contributed by atoms with E-state index in [1.807, 2.05) is 13.1 Å². The first-order chi connectivity index (χ1) is 5.12. The lowest BCUT2D eigenvalue weighted by molar-refractivity contribution is 0.411. The predicted octanol–water partition coefficient (Wildman–Crippen LogP) is 3.68. The summed E-state index contributed by atoms with van der Waals surface area (Å²) in [6.45, 7) is 10.5. The lowest BCUT2D eigenvalue weighted by Gasteiger charge is -2.10. The largest absolute Gasteiger partial charge is 0.421 e. The number of halogens is 2. The SMILES string of the molecule is CO[Si](C)(C)C.C[Si](C)(Cl)CCl. The molecule has 12 heavy (non-hydrogen) atoms. The summed E-state index contributed by atoms with van der Waals surface area (Å²) in [4.78, 5) is 0. The van der Waals surface area contributed by atoms with E-state index in [1.165, 1.54) is 0 Å². The normalized spacial score (nSPS) is 12.0. The van der Waals surface area contributed by atoms with E-state index in [0.717, 1.165) is 0 Å². The molecule has 76 valence electrons. The van der Waals surface area contributed by atoms with E-state index in [1.54, 1.807) is 7.11 Å². The predicted molar refractivity (Wildman–Crippen MR) is 64.4 cm³/mol. The van der Waals surface area contributed by atoms with Crippen molar-refractivity contribution in [1.82, 2.24) is 0 Å². The Bertz CT molecular complexity index is 93.0. The van der Waals surface area contributed by atoms with Gasteiger partial charge in [0.15, 0.2) is 15.7 Å². The summed E-state index contributed by atoms with van der Waals surface area (Å²) in [5.74, 6) is 0. The van der Waals surface area contributed by atoms with Gasteiger partial charge in [0, 0.05) is 12.6 Å². The zero-order chi connectivity index (χ0) is 10.4. The van der Waals surface area contributed by atoms with Crippen LogP contribution < -0.4 is 0 Å². The second-order valence-electron chi connectivity index (χ2n) is 4.17. The van der Waals surface area contributed by atoms with Gasteiger partial charge in [-0.2, -0.15) is 11.1 Å². The van der Waals surface area contributed by atoms with Gasteiger partial charge in [-0.3, -0.25) is 0 Å². The van der Waals surface area contributed by atoms with Crippen LogP contribution in [0.4, 0.5) is 0 Å². The molecule has 1 nitrogen and oxygen atoms in total. The highest BCUT2D eigenvalue weighted by Gasteiger charge is 2.13. The summed E-state index contributed by atoms with van der Waals surface area (Å²) in [6.07, 6.45) is 0. The maximum Gasteiger partial charge on any atom is 0.183 e. The summed E-state index contributed by atoms with van der Waals surface area (Å²) in [5.41, 5.74) is 0.647. The third kappa shape index (κ3) is 22.4. The van der Waals surface area contributed by atoms with Crippen molar-refractivity contribution in [1.29, 1.82) is 0 Å². The van der Waals surface area contributed by atoms with E-state index in [0.29, 0.717) is 5.50 Å². The Hall–Kier alpha value is 0.974. The van der Waals surface area contributed by atoms with Gasteiger partial charge in [-0.15, -0.1) is 11.6 Å². The summed E-state index contributed by atoms with van der Waals surface area (Å²) in [7, 11) is -0.755. The monoisotopic (exact) mass is 246 g/mol. The van der Waals surface area contributed by atoms with Crippen LogP contribution in [0.2, 0.25) is 32.7 Å². The van der Waals surface area contributed by atoms with E-state index >= 15 is 0 Å². The average Bonchev–Trinajstić information content (AvgIpc) is 1.86. The second-order valence-corrected chi connectivity index (χ2v) is 16.4. The molecular formula is C7H20Cl2OSi2. The molecule has 0 aliphatic rings. The third-order valence-corrected chi connectivity index (χ3v) is 5.61.